The molecule has 0 aliphatic carbocycles. The molecule has 1 amide bonds. The Morgan fingerprint density at radius 1 is 1.11 bits per heavy atom. The normalized spacial score (nSPS) is 10.7. The maximum absolute atomic E-state index is 12.6. The molecular formula is C24H18BrCl2N3O5. The lowest BCUT2D eigenvalue weighted by atomic mass is 10.2. The van der Waals surface area contributed by atoms with Crippen LogP contribution >= 0.6 is 39.1 Å². The van der Waals surface area contributed by atoms with E-state index in [-0.39, 0.29) is 12.4 Å². The molecule has 8 nitrogen and oxygen atoms in total. The summed E-state index contributed by atoms with van der Waals surface area (Å²) in [5.74, 6) is 0.536. The lowest BCUT2D eigenvalue weighted by Crippen LogP contribution is -2.12. The fourth-order valence-electron chi connectivity index (χ4n) is 3.09. The first-order valence-corrected chi connectivity index (χ1v) is 11.8. The Bertz CT molecular complexity index is 1370. The van der Waals surface area contributed by atoms with Gasteiger partial charge in [0.2, 0.25) is 0 Å². The molecule has 11 heteroatoms. The van der Waals surface area contributed by atoms with Gasteiger partial charge in [-0.3, -0.25) is 9.48 Å². The third kappa shape index (κ3) is 6.25. The van der Waals surface area contributed by atoms with E-state index in [1.54, 1.807) is 59.4 Å². The summed E-state index contributed by atoms with van der Waals surface area (Å²) in [6, 6.07) is 14.9. The summed E-state index contributed by atoms with van der Waals surface area (Å²) in [5.41, 5.74) is 1.25. The lowest BCUT2D eigenvalue weighted by Gasteiger charge is -2.05. The average Bonchev–Trinajstić information content (AvgIpc) is 3.46. The van der Waals surface area contributed by atoms with Crippen LogP contribution in [0, 0.1) is 0 Å². The quantitative estimate of drug-likeness (QED) is 0.250. The topological polar surface area (TPSA) is 95.6 Å². The number of anilines is 1. The fourth-order valence-corrected chi connectivity index (χ4v) is 3.98. The van der Waals surface area contributed by atoms with Gasteiger partial charge in [-0.15, -0.1) is 0 Å². The Morgan fingerprint density at radius 2 is 1.89 bits per heavy atom. The van der Waals surface area contributed by atoms with Gasteiger partial charge in [0.05, 0.1) is 23.7 Å². The molecule has 1 N–H and O–H groups in total. The van der Waals surface area contributed by atoms with E-state index in [4.69, 9.17) is 32.4 Å². The number of ether oxygens (including phenoxy) is 2. The molecule has 4 rings (SSSR count). The van der Waals surface area contributed by atoms with E-state index in [1.165, 1.54) is 7.11 Å². The number of furan rings is 1. The highest BCUT2D eigenvalue weighted by Gasteiger charge is 2.16. The third-order valence-corrected chi connectivity index (χ3v) is 6.01. The number of carbonyl (C=O) groups excluding carboxylic acids is 2. The van der Waals surface area contributed by atoms with Gasteiger partial charge in [0, 0.05) is 16.2 Å². The molecule has 0 fully saturated rings. The van der Waals surface area contributed by atoms with Crippen molar-refractivity contribution in [1.29, 1.82) is 0 Å². The summed E-state index contributed by atoms with van der Waals surface area (Å²) in [6.07, 6.45) is 1.73. The van der Waals surface area contributed by atoms with Gasteiger partial charge in [-0.1, -0.05) is 29.3 Å². The molecule has 0 spiro atoms. The SMILES string of the molecule is COC(=O)c1ccc(OCc2ccc(C(=O)Nc3nn(Cc4ccc(Cl)cc4Cl)cc3Br)o2)cc1. The fraction of sp³-hybridized carbons (Fsp3) is 0.125. The molecule has 4 aromatic rings. The molecule has 0 aliphatic heterocycles. The number of esters is 1. The summed E-state index contributed by atoms with van der Waals surface area (Å²) >= 11 is 15.6. The minimum atomic E-state index is -0.464. The maximum Gasteiger partial charge on any atom is 0.337 e. The van der Waals surface area contributed by atoms with Crippen molar-refractivity contribution in [3.63, 3.8) is 0 Å². The van der Waals surface area contributed by atoms with Crippen LogP contribution in [-0.4, -0.2) is 28.8 Å². The number of rotatable bonds is 8. The van der Waals surface area contributed by atoms with Gasteiger partial charge in [-0.05, 0) is 70.0 Å². The summed E-state index contributed by atoms with van der Waals surface area (Å²) in [4.78, 5) is 24.1. The van der Waals surface area contributed by atoms with Crippen molar-refractivity contribution in [2.45, 2.75) is 13.2 Å². The summed E-state index contributed by atoms with van der Waals surface area (Å²) in [6.45, 7) is 0.498. The molecular weight excluding hydrogens is 561 g/mol. The zero-order valence-corrected chi connectivity index (χ0v) is 21.4. The number of benzene rings is 2. The maximum atomic E-state index is 12.6. The van der Waals surface area contributed by atoms with E-state index >= 15 is 0 Å². The molecule has 35 heavy (non-hydrogen) atoms. The van der Waals surface area contributed by atoms with E-state index in [0.717, 1.165) is 5.56 Å². The minimum absolute atomic E-state index is 0.102. The molecule has 2 aromatic carbocycles. The zero-order valence-electron chi connectivity index (χ0n) is 18.3. The second-order valence-electron chi connectivity index (χ2n) is 7.28. The minimum Gasteiger partial charge on any atom is -0.486 e. The summed E-state index contributed by atoms with van der Waals surface area (Å²) in [7, 11) is 1.32. The molecule has 2 heterocycles. The number of halogens is 3. The van der Waals surface area contributed by atoms with E-state index in [1.807, 2.05) is 6.07 Å². The smallest absolute Gasteiger partial charge is 0.337 e. The number of nitrogens with zero attached hydrogens (tertiary/aromatic N) is 2. The van der Waals surface area contributed by atoms with Crippen molar-refractivity contribution in [1.82, 2.24) is 9.78 Å². The molecule has 0 atom stereocenters. The zero-order chi connectivity index (χ0) is 24.9. The highest BCUT2D eigenvalue weighted by Crippen LogP contribution is 2.25. The number of methoxy groups -OCH3 is 1. The second kappa shape index (κ2) is 11.0. The Hall–Kier alpha value is -3.27. The third-order valence-electron chi connectivity index (χ3n) is 4.84. The van der Waals surface area contributed by atoms with Crippen LogP contribution in [0.5, 0.6) is 5.75 Å². The first-order chi connectivity index (χ1) is 16.8. The highest BCUT2D eigenvalue weighted by atomic mass is 79.9. The number of carbonyl (C=O) groups is 2. The van der Waals surface area contributed by atoms with E-state index in [2.05, 4.69) is 31.1 Å². The molecule has 180 valence electrons. The van der Waals surface area contributed by atoms with Crippen LogP contribution in [0.4, 0.5) is 5.82 Å². The van der Waals surface area contributed by atoms with Crippen LogP contribution in [0.25, 0.3) is 0 Å². The van der Waals surface area contributed by atoms with Crippen LogP contribution in [-0.2, 0) is 17.9 Å². The number of hydrogen-bond donors (Lipinski definition) is 1. The monoisotopic (exact) mass is 577 g/mol. The van der Waals surface area contributed by atoms with Gasteiger partial charge in [0.1, 0.15) is 18.1 Å². The standard InChI is InChI=1S/C24H18BrCl2N3O5/c1-33-24(32)14-3-6-17(7-4-14)34-13-18-8-9-21(35-18)23(31)28-22-19(25)12-30(29-22)11-15-2-5-16(26)10-20(15)27/h2-10,12H,11,13H2,1H3,(H,28,29,31). The van der Waals surface area contributed by atoms with Gasteiger partial charge in [0.15, 0.2) is 11.6 Å². The van der Waals surface area contributed by atoms with Crippen molar-refractivity contribution in [2.24, 2.45) is 0 Å². The summed E-state index contributed by atoms with van der Waals surface area (Å²) < 4.78 is 18.2. The van der Waals surface area contributed by atoms with Gasteiger partial charge in [-0.2, -0.15) is 5.10 Å². The predicted molar refractivity (Wildman–Crippen MR) is 134 cm³/mol. The molecule has 0 unspecified atom stereocenters. The second-order valence-corrected chi connectivity index (χ2v) is 8.98. The van der Waals surface area contributed by atoms with Crippen LogP contribution in [0.3, 0.4) is 0 Å². The highest BCUT2D eigenvalue weighted by molar-refractivity contribution is 9.10. The number of hydrogen-bond acceptors (Lipinski definition) is 6. The Labute approximate surface area is 218 Å². The van der Waals surface area contributed by atoms with Crippen molar-refractivity contribution < 1.29 is 23.5 Å². The van der Waals surface area contributed by atoms with Gasteiger partial charge < -0.3 is 19.2 Å². The number of aromatic nitrogens is 2. The largest absolute Gasteiger partial charge is 0.486 e. The van der Waals surface area contributed by atoms with Crippen LogP contribution in [0.1, 0.15) is 32.2 Å². The number of amides is 1. The molecule has 0 bridgehead atoms. The predicted octanol–water partition coefficient (Wildman–Crippen LogP) is 6.21. The molecule has 2 aromatic heterocycles. The molecule has 0 radical (unpaired) electrons. The van der Waals surface area contributed by atoms with Crippen molar-refractivity contribution in [3.05, 3.63) is 98.0 Å². The van der Waals surface area contributed by atoms with Gasteiger partial charge in [-0.25, -0.2) is 4.79 Å². The molecule has 0 aliphatic rings. The van der Waals surface area contributed by atoms with Crippen molar-refractivity contribution >= 4 is 56.8 Å². The number of nitrogens with one attached hydrogen (secondary N) is 1. The molecule has 0 saturated carbocycles. The summed E-state index contributed by atoms with van der Waals surface area (Å²) in [5, 5.41) is 8.18. The van der Waals surface area contributed by atoms with Crippen LogP contribution < -0.4 is 10.1 Å². The molecule has 0 saturated heterocycles. The Morgan fingerprint density at radius 3 is 2.60 bits per heavy atom. The first kappa shape index (κ1) is 24.8. The first-order valence-electron chi connectivity index (χ1n) is 10.2. The van der Waals surface area contributed by atoms with E-state index in [0.29, 0.717) is 44.0 Å². The van der Waals surface area contributed by atoms with Gasteiger partial charge >= 0.3 is 5.97 Å². The Balaban J connectivity index is 1.35. The van der Waals surface area contributed by atoms with Crippen LogP contribution in [0.15, 0.2) is 69.7 Å². The van der Waals surface area contributed by atoms with Crippen molar-refractivity contribution in [3.8, 4) is 5.75 Å². The van der Waals surface area contributed by atoms with Crippen LogP contribution in [0.2, 0.25) is 10.0 Å². The van der Waals surface area contributed by atoms with E-state index < -0.39 is 11.9 Å². The van der Waals surface area contributed by atoms with E-state index in [9.17, 15) is 9.59 Å². The Kier molecular flexibility index (Phi) is 7.80. The van der Waals surface area contributed by atoms with Gasteiger partial charge in [0.25, 0.3) is 5.91 Å². The van der Waals surface area contributed by atoms with Crippen molar-refractivity contribution in [2.75, 3.05) is 12.4 Å². The lowest BCUT2D eigenvalue weighted by molar-refractivity contribution is 0.0600. The average molecular weight is 579 g/mol.